The molecule has 0 aliphatic heterocycles. The lowest BCUT2D eigenvalue weighted by Gasteiger charge is -2.10. The molecule has 0 aliphatic rings. The molecule has 0 unspecified atom stereocenters. The van der Waals surface area contributed by atoms with Crippen molar-refractivity contribution in [2.24, 2.45) is 0 Å². The van der Waals surface area contributed by atoms with Gasteiger partial charge in [0.1, 0.15) is 6.61 Å². The first-order valence-corrected chi connectivity index (χ1v) is 6.43. The molecule has 0 atom stereocenters. The number of aliphatic carboxylic acids is 1. The van der Waals surface area contributed by atoms with Gasteiger partial charge in [-0.1, -0.05) is 12.1 Å². The fourth-order valence-corrected chi connectivity index (χ4v) is 1.76. The molecule has 0 amide bonds. The third-order valence-corrected chi connectivity index (χ3v) is 2.79. The van der Waals surface area contributed by atoms with Crippen LogP contribution in [0.4, 0.5) is 0 Å². The zero-order chi connectivity index (χ0) is 15.1. The van der Waals surface area contributed by atoms with Gasteiger partial charge in [-0.2, -0.15) is 0 Å². The summed E-state index contributed by atoms with van der Waals surface area (Å²) in [5, 5.41) is 19.9. The fourth-order valence-electron chi connectivity index (χ4n) is 1.76. The van der Waals surface area contributed by atoms with E-state index in [1.807, 2.05) is 12.1 Å². The second-order valence-corrected chi connectivity index (χ2v) is 4.26. The maximum atomic E-state index is 10.5. The lowest BCUT2D eigenvalue weighted by molar-refractivity contribution is -0.137. The molecule has 2 rings (SSSR count). The Morgan fingerprint density at radius 3 is 2.81 bits per heavy atom. The van der Waals surface area contributed by atoms with Crippen LogP contribution in [0, 0.1) is 0 Å². The number of benzene rings is 1. The molecule has 0 bridgehead atoms. The minimum Gasteiger partial charge on any atom is -0.493 e. The van der Waals surface area contributed by atoms with Gasteiger partial charge in [0.05, 0.1) is 7.11 Å². The Morgan fingerprint density at radius 2 is 2.10 bits per heavy atom. The second-order valence-electron chi connectivity index (χ2n) is 4.26. The number of nitrogens with zero attached hydrogens (tertiary/aromatic N) is 4. The summed E-state index contributed by atoms with van der Waals surface area (Å²) < 4.78 is 12.4. The SMILES string of the molecule is COc1ccccc1OCc1nnnn1CCCC(=O)O. The molecule has 112 valence electrons. The van der Waals surface area contributed by atoms with Crippen molar-refractivity contribution < 1.29 is 19.4 Å². The van der Waals surface area contributed by atoms with Crippen LogP contribution < -0.4 is 9.47 Å². The standard InChI is InChI=1S/C13H16N4O4/c1-20-10-5-2-3-6-11(10)21-9-12-14-15-16-17(12)8-4-7-13(18)19/h2-3,5-6H,4,7-9H2,1H3,(H,18,19). The Morgan fingerprint density at radius 1 is 1.33 bits per heavy atom. The van der Waals surface area contributed by atoms with Crippen LogP contribution in [0.15, 0.2) is 24.3 Å². The molecule has 1 aromatic heterocycles. The Bertz CT molecular complexity index is 599. The van der Waals surface area contributed by atoms with Crippen LogP contribution in [0.1, 0.15) is 18.7 Å². The van der Waals surface area contributed by atoms with Gasteiger partial charge in [-0.15, -0.1) is 5.10 Å². The van der Waals surface area contributed by atoms with E-state index in [2.05, 4.69) is 15.5 Å². The molecule has 0 saturated heterocycles. The predicted octanol–water partition coefficient (Wildman–Crippen LogP) is 1.13. The number of aryl methyl sites for hydroxylation is 1. The van der Waals surface area contributed by atoms with Crippen LogP contribution in [0.2, 0.25) is 0 Å². The third-order valence-electron chi connectivity index (χ3n) is 2.79. The van der Waals surface area contributed by atoms with Crippen molar-refractivity contribution in [1.82, 2.24) is 20.2 Å². The van der Waals surface area contributed by atoms with Crippen molar-refractivity contribution in [3.05, 3.63) is 30.1 Å². The summed E-state index contributed by atoms with van der Waals surface area (Å²) in [5.41, 5.74) is 0. The number of carboxylic acids is 1. The second kappa shape index (κ2) is 7.22. The predicted molar refractivity (Wildman–Crippen MR) is 72.0 cm³/mol. The molecule has 8 heteroatoms. The maximum Gasteiger partial charge on any atom is 0.303 e. The highest BCUT2D eigenvalue weighted by Crippen LogP contribution is 2.26. The summed E-state index contributed by atoms with van der Waals surface area (Å²) in [7, 11) is 1.57. The van der Waals surface area contributed by atoms with E-state index >= 15 is 0 Å². The quantitative estimate of drug-likeness (QED) is 0.778. The molecule has 8 nitrogen and oxygen atoms in total. The van der Waals surface area contributed by atoms with Crippen molar-refractivity contribution >= 4 is 5.97 Å². The molecule has 0 fully saturated rings. The molecule has 1 aromatic carbocycles. The van der Waals surface area contributed by atoms with Crippen LogP contribution in [-0.4, -0.2) is 38.4 Å². The minimum absolute atomic E-state index is 0.0761. The van der Waals surface area contributed by atoms with Gasteiger partial charge in [0.2, 0.25) is 0 Å². The summed E-state index contributed by atoms with van der Waals surface area (Å²) >= 11 is 0. The highest BCUT2D eigenvalue weighted by atomic mass is 16.5. The van der Waals surface area contributed by atoms with E-state index in [0.717, 1.165) is 0 Å². The van der Waals surface area contributed by atoms with Crippen LogP contribution in [0.25, 0.3) is 0 Å². The van der Waals surface area contributed by atoms with E-state index in [-0.39, 0.29) is 13.0 Å². The van der Waals surface area contributed by atoms with Gasteiger partial charge in [0.15, 0.2) is 17.3 Å². The van der Waals surface area contributed by atoms with Crippen molar-refractivity contribution in [2.75, 3.05) is 7.11 Å². The van der Waals surface area contributed by atoms with Gasteiger partial charge < -0.3 is 14.6 Å². The lowest BCUT2D eigenvalue weighted by Crippen LogP contribution is -2.10. The van der Waals surface area contributed by atoms with Crippen molar-refractivity contribution in [2.45, 2.75) is 26.0 Å². The molecule has 1 heterocycles. The Balaban J connectivity index is 1.94. The Hall–Kier alpha value is -2.64. The summed E-state index contributed by atoms with van der Waals surface area (Å²) in [6, 6.07) is 7.28. The van der Waals surface area contributed by atoms with Gasteiger partial charge in [-0.3, -0.25) is 4.79 Å². The maximum absolute atomic E-state index is 10.5. The average molecular weight is 292 g/mol. The number of para-hydroxylation sites is 2. The van der Waals surface area contributed by atoms with Crippen molar-refractivity contribution in [1.29, 1.82) is 0 Å². The number of hydrogen-bond donors (Lipinski definition) is 1. The van der Waals surface area contributed by atoms with E-state index in [0.29, 0.717) is 30.3 Å². The number of hydrogen-bond acceptors (Lipinski definition) is 6. The number of rotatable bonds is 8. The summed E-state index contributed by atoms with van der Waals surface area (Å²) in [4.78, 5) is 10.5. The van der Waals surface area contributed by atoms with E-state index in [1.165, 1.54) is 0 Å². The van der Waals surface area contributed by atoms with Crippen LogP contribution in [0.3, 0.4) is 0 Å². The zero-order valence-corrected chi connectivity index (χ0v) is 11.6. The molecular formula is C13H16N4O4. The number of tetrazole rings is 1. The van der Waals surface area contributed by atoms with Crippen molar-refractivity contribution in [3.8, 4) is 11.5 Å². The number of ether oxygens (including phenoxy) is 2. The van der Waals surface area contributed by atoms with E-state index in [4.69, 9.17) is 14.6 Å². The highest BCUT2D eigenvalue weighted by molar-refractivity contribution is 5.66. The van der Waals surface area contributed by atoms with Gasteiger partial charge >= 0.3 is 5.97 Å². The fraction of sp³-hybridized carbons (Fsp3) is 0.385. The monoisotopic (exact) mass is 292 g/mol. The van der Waals surface area contributed by atoms with E-state index in [9.17, 15) is 4.79 Å². The largest absolute Gasteiger partial charge is 0.493 e. The van der Waals surface area contributed by atoms with E-state index < -0.39 is 5.97 Å². The number of carboxylic acid groups (broad SMARTS) is 1. The van der Waals surface area contributed by atoms with Gasteiger partial charge in [0, 0.05) is 13.0 Å². The molecule has 0 saturated carbocycles. The lowest BCUT2D eigenvalue weighted by atomic mass is 10.3. The molecule has 0 spiro atoms. The summed E-state index contributed by atoms with van der Waals surface area (Å²) in [5.74, 6) is 0.920. The number of aromatic nitrogens is 4. The van der Waals surface area contributed by atoms with E-state index in [1.54, 1.807) is 23.9 Å². The number of carbonyl (C=O) groups is 1. The summed E-state index contributed by atoms with van der Waals surface area (Å²) in [6.45, 7) is 0.615. The average Bonchev–Trinajstić information content (AvgIpc) is 2.92. The van der Waals surface area contributed by atoms with Gasteiger partial charge in [0.25, 0.3) is 0 Å². The molecule has 2 aromatic rings. The Kier molecular flexibility index (Phi) is 5.08. The van der Waals surface area contributed by atoms with Crippen molar-refractivity contribution in [3.63, 3.8) is 0 Å². The molecule has 21 heavy (non-hydrogen) atoms. The zero-order valence-electron chi connectivity index (χ0n) is 11.6. The molecule has 1 N–H and O–H groups in total. The molecular weight excluding hydrogens is 276 g/mol. The Labute approximate surface area is 121 Å². The van der Waals surface area contributed by atoms with Gasteiger partial charge in [-0.05, 0) is 29.0 Å². The highest BCUT2D eigenvalue weighted by Gasteiger charge is 2.09. The third kappa shape index (κ3) is 4.16. The van der Waals surface area contributed by atoms with Crippen LogP contribution in [-0.2, 0) is 17.9 Å². The minimum atomic E-state index is -0.838. The van der Waals surface area contributed by atoms with Crippen LogP contribution >= 0.6 is 0 Å². The normalized spacial score (nSPS) is 10.3. The summed E-state index contributed by atoms with van der Waals surface area (Å²) in [6.07, 6.45) is 0.536. The smallest absolute Gasteiger partial charge is 0.303 e. The first-order chi connectivity index (χ1) is 10.2. The topological polar surface area (TPSA) is 99.4 Å². The molecule has 0 radical (unpaired) electrons. The van der Waals surface area contributed by atoms with Crippen LogP contribution in [0.5, 0.6) is 11.5 Å². The first-order valence-electron chi connectivity index (χ1n) is 6.43. The first kappa shape index (κ1) is 14.8. The number of methoxy groups -OCH3 is 1. The molecule has 0 aliphatic carbocycles. The van der Waals surface area contributed by atoms with Gasteiger partial charge in [-0.25, -0.2) is 4.68 Å².